The lowest BCUT2D eigenvalue weighted by Crippen LogP contribution is -2.42. The number of carbonyl (C=O) groups is 2. The SMILES string of the molecule is COC(C)CCC(=O)NC(Cc1c[nH]c2cccc(Br)c12)C(=O)O. The number of hydrogen-bond donors (Lipinski definition) is 3. The predicted molar refractivity (Wildman–Crippen MR) is 95.0 cm³/mol. The van der Waals surface area contributed by atoms with E-state index in [1.165, 1.54) is 0 Å². The minimum absolute atomic E-state index is 0.0383. The smallest absolute Gasteiger partial charge is 0.326 e. The number of aromatic amines is 1. The lowest BCUT2D eigenvalue weighted by molar-refractivity contribution is -0.141. The highest BCUT2D eigenvalue weighted by molar-refractivity contribution is 9.10. The predicted octanol–water partition coefficient (Wildman–Crippen LogP) is 2.86. The Morgan fingerprint density at radius 2 is 2.17 bits per heavy atom. The molecule has 0 aliphatic carbocycles. The number of fused-ring (bicyclic) bond motifs is 1. The first kappa shape index (κ1) is 18.5. The van der Waals surface area contributed by atoms with E-state index in [1.807, 2.05) is 25.1 Å². The van der Waals surface area contributed by atoms with Crippen molar-refractivity contribution in [2.75, 3.05) is 7.11 Å². The minimum atomic E-state index is -1.05. The summed E-state index contributed by atoms with van der Waals surface area (Å²) < 4.78 is 5.98. The van der Waals surface area contributed by atoms with Gasteiger partial charge < -0.3 is 20.1 Å². The molecular weight excluding hydrogens is 376 g/mol. The van der Waals surface area contributed by atoms with Crippen molar-refractivity contribution in [3.63, 3.8) is 0 Å². The number of rotatable bonds is 8. The second-order valence-electron chi connectivity index (χ2n) is 5.72. The van der Waals surface area contributed by atoms with E-state index in [0.29, 0.717) is 6.42 Å². The summed E-state index contributed by atoms with van der Waals surface area (Å²) in [5.74, 6) is -1.34. The summed E-state index contributed by atoms with van der Waals surface area (Å²) >= 11 is 3.48. The second kappa shape index (κ2) is 8.30. The van der Waals surface area contributed by atoms with E-state index in [0.717, 1.165) is 20.9 Å². The van der Waals surface area contributed by atoms with Gasteiger partial charge in [0.1, 0.15) is 6.04 Å². The molecule has 7 heteroatoms. The van der Waals surface area contributed by atoms with Crippen LogP contribution in [-0.4, -0.2) is 41.2 Å². The molecule has 2 aromatic rings. The van der Waals surface area contributed by atoms with Gasteiger partial charge in [-0.2, -0.15) is 0 Å². The first-order chi connectivity index (χ1) is 11.4. The number of amides is 1. The molecule has 0 bridgehead atoms. The molecule has 0 fully saturated rings. The number of hydrogen-bond acceptors (Lipinski definition) is 3. The summed E-state index contributed by atoms with van der Waals surface area (Å²) in [6.07, 6.45) is 2.74. The molecular formula is C17H21BrN2O4. The van der Waals surface area contributed by atoms with Crippen LogP contribution in [0, 0.1) is 0 Å². The van der Waals surface area contributed by atoms with Gasteiger partial charge in [-0.25, -0.2) is 4.79 Å². The monoisotopic (exact) mass is 396 g/mol. The molecule has 2 rings (SSSR count). The van der Waals surface area contributed by atoms with E-state index >= 15 is 0 Å². The van der Waals surface area contributed by atoms with Crippen LogP contribution < -0.4 is 5.32 Å². The molecule has 3 N–H and O–H groups in total. The van der Waals surface area contributed by atoms with Crippen molar-refractivity contribution in [1.82, 2.24) is 10.3 Å². The summed E-state index contributed by atoms with van der Waals surface area (Å²) in [6.45, 7) is 1.87. The summed E-state index contributed by atoms with van der Waals surface area (Å²) in [4.78, 5) is 26.6. The number of nitrogens with one attached hydrogen (secondary N) is 2. The number of halogens is 1. The van der Waals surface area contributed by atoms with Crippen LogP contribution in [0.2, 0.25) is 0 Å². The molecule has 1 aromatic carbocycles. The molecule has 6 nitrogen and oxygen atoms in total. The molecule has 1 aromatic heterocycles. The Morgan fingerprint density at radius 1 is 1.42 bits per heavy atom. The maximum atomic E-state index is 12.0. The number of carbonyl (C=O) groups excluding carboxylic acids is 1. The molecule has 130 valence electrons. The number of methoxy groups -OCH3 is 1. The number of benzene rings is 1. The standard InChI is InChI=1S/C17H21BrN2O4/c1-10(24-2)6-7-15(21)20-14(17(22)23)8-11-9-19-13-5-3-4-12(18)16(11)13/h3-5,9-10,14,19H,6-8H2,1-2H3,(H,20,21)(H,22,23). The first-order valence-electron chi connectivity index (χ1n) is 7.71. The Kier molecular flexibility index (Phi) is 6.39. The maximum absolute atomic E-state index is 12.0. The summed E-state index contributed by atoms with van der Waals surface area (Å²) in [5.41, 5.74) is 1.76. The number of aromatic nitrogens is 1. The van der Waals surface area contributed by atoms with E-state index in [9.17, 15) is 14.7 Å². The van der Waals surface area contributed by atoms with E-state index in [4.69, 9.17) is 4.74 Å². The average molecular weight is 397 g/mol. The maximum Gasteiger partial charge on any atom is 0.326 e. The van der Waals surface area contributed by atoms with Gasteiger partial charge in [0.15, 0.2) is 0 Å². The normalized spacial score (nSPS) is 13.6. The van der Waals surface area contributed by atoms with Crippen molar-refractivity contribution in [1.29, 1.82) is 0 Å². The van der Waals surface area contributed by atoms with Crippen LogP contribution in [0.3, 0.4) is 0 Å². The van der Waals surface area contributed by atoms with E-state index < -0.39 is 12.0 Å². The van der Waals surface area contributed by atoms with Crippen LogP contribution in [0.25, 0.3) is 10.9 Å². The van der Waals surface area contributed by atoms with Gasteiger partial charge in [0.2, 0.25) is 5.91 Å². The summed E-state index contributed by atoms with van der Waals surface area (Å²) in [7, 11) is 1.58. The van der Waals surface area contributed by atoms with Gasteiger partial charge in [0.25, 0.3) is 0 Å². The van der Waals surface area contributed by atoms with Gasteiger partial charge in [-0.1, -0.05) is 22.0 Å². The van der Waals surface area contributed by atoms with Crippen LogP contribution in [0.1, 0.15) is 25.3 Å². The fraction of sp³-hybridized carbons (Fsp3) is 0.412. The van der Waals surface area contributed by atoms with Gasteiger partial charge >= 0.3 is 5.97 Å². The highest BCUT2D eigenvalue weighted by atomic mass is 79.9. The highest BCUT2D eigenvalue weighted by Gasteiger charge is 2.22. The third-order valence-electron chi connectivity index (χ3n) is 3.97. The lowest BCUT2D eigenvalue weighted by atomic mass is 10.0. The third-order valence-corrected chi connectivity index (χ3v) is 4.64. The van der Waals surface area contributed by atoms with E-state index in [2.05, 4.69) is 26.2 Å². The van der Waals surface area contributed by atoms with Crippen molar-refractivity contribution in [3.8, 4) is 0 Å². The zero-order valence-corrected chi connectivity index (χ0v) is 15.2. The third kappa shape index (κ3) is 4.58. The van der Waals surface area contributed by atoms with Crippen LogP contribution in [0.5, 0.6) is 0 Å². The average Bonchev–Trinajstić information content (AvgIpc) is 2.96. The molecule has 2 atom stereocenters. The molecule has 0 saturated carbocycles. The van der Waals surface area contributed by atoms with Gasteiger partial charge in [-0.05, 0) is 31.0 Å². The number of carboxylic acid groups (broad SMARTS) is 1. The zero-order chi connectivity index (χ0) is 17.7. The minimum Gasteiger partial charge on any atom is -0.480 e. The van der Waals surface area contributed by atoms with Crippen molar-refractivity contribution in [3.05, 3.63) is 34.4 Å². The fourth-order valence-electron chi connectivity index (χ4n) is 2.51. The Labute approximate surface area is 148 Å². The van der Waals surface area contributed by atoms with Crippen molar-refractivity contribution < 1.29 is 19.4 Å². The number of aliphatic carboxylic acids is 1. The number of carboxylic acids is 1. The quantitative estimate of drug-likeness (QED) is 0.639. The molecule has 2 unspecified atom stereocenters. The summed E-state index contributed by atoms with van der Waals surface area (Å²) in [6, 6.07) is 4.76. The largest absolute Gasteiger partial charge is 0.480 e. The Hall–Kier alpha value is -1.86. The van der Waals surface area contributed by atoms with Gasteiger partial charge in [0, 0.05) is 41.5 Å². The van der Waals surface area contributed by atoms with Crippen LogP contribution in [0.4, 0.5) is 0 Å². The van der Waals surface area contributed by atoms with E-state index in [-0.39, 0.29) is 24.9 Å². The van der Waals surface area contributed by atoms with E-state index in [1.54, 1.807) is 13.3 Å². The molecule has 1 amide bonds. The molecule has 0 spiro atoms. The Bertz CT molecular complexity index is 728. The Morgan fingerprint density at radius 3 is 2.83 bits per heavy atom. The van der Waals surface area contributed by atoms with Crippen molar-refractivity contribution in [2.24, 2.45) is 0 Å². The number of H-pyrrole nitrogens is 1. The van der Waals surface area contributed by atoms with Gasteiger partial charge in [-0.15, -0.1) is 0 Å². The fourth-order valence-corrected chi connectivity index (χ4v) is 3.13. The van der Waals surface area contributed by atoms with Gasteiger partial charge in [0.05, 0.1) is 6.10 Å². The lowest BCUT2D eigenvalue weighted by Gasteiger charge is -2.15. The molecule has 0 saturated heterocycles. The molecule has 24 heavy (non-hydrogen) atoms. The molecule has 0 radical (unpaired) electrons. The second-order valence-corrected chi connectivity index (χ2v) is 6.58. The van der Waals surface area contributed by atoms with Crippen LogP contribution >= 0.6 is 15.9 Å². The Balaban J connectivity index is 2.08. The molecule has 1 heterocycles. The zero-order valence-electron chi connectivity index (χ0n) is 13.6. The molecule has 0 aliphatic rings. The van der Waals surface area contributed by atoms with Crippen LogP contribution in [-0.2, 0) is 20.7 Å². The topological polar surface area (TPSA) is 91.4 Å². The van der Waals surface area contributed by atoms with Crippen LogP contribution in [0.15, 0.2) is 28.9 Å². The molecule has 0 aliphatic heterocycles. The first-order valence-corrected chi connectivity index (χ1v) is 8.51. The van der Waals surface area contributed by atoms with Crippen molar-refractivity contribution >= 4 is 38.7 Å². The number of ether oxygens (including phenoxy) is 1. The summed E-state index contributed by atoms with van der Waals surface area (Å²) in [5, 5.41) is 13.0. The van der Waals surface area contributed by atoms with Gasteiger partial charge in [-0.3, -0.25) is 4.79 Å². The highest BCUT2D eigenvalue weighted by Crippen LogP contribution is 2.27. The van der Waals surface area contributed by atoms with Crippen molar-refractivity contribution in [2.45, 2.75) is 38.3 Å².